The second-order valence-corrected chi connectivity index (χ2v) is 3.90. The van der Waals surface area contributed by atoms with Crippen LogP contribution in [-0.2, 0) is 11.3 Å². The Labute approximate surface area is 97.7 Å². The number of fused-ring (bicyclic) bond motifs is 1. The summed E-state index contributed by atoms with van der Waals surface area (Å²) in [6.45, 7) is 3.11. The molecule has 1 heterocycles. The van der Waals surface area contributed by atoms with Crippen molar-refractivity contribution in [1.82, 2.24) is 9.55 Å². The molecule has 2 rings (SSSR count). The largest absolute Gasteiger partial charge is 0.480 e. The summed E-state index contributed by atoms with van der Waals surface area (Å²) in [4.78, 5) is 26.2. The van der Waals surface area contributed by atoms with Gasteiger partial charge in [-0.25, -0.2) is 4.98 Å². The zero-order valence-corrected chi connectivity index (χ0v) is 9.60. The Morgan fingerprint density at radius 2 is 2.12 bits per heavy atom. The summed E-state index contributed by atoms with van der Waals surface area (Å²) < 4.78 is 1.61. The minimum atomic E-state index is -0.914. The molecule has 5 heteroatoms. The Kier molecular flexibility index (Phi) is 2.67. The van der Waals surface area contributed by atoms with Crippen LogP contribution in [0.25, 0.3) is 11.0 Å². The van der Waals surface area contributed by atoms with Crippen molar-refractivity contribution >= 4 is 22.8 Å². The van der Waals surface area contributed by atoms with E-state index < -0.39 is 5.97 Å². The number of carbonyl (C=O) groups is 2. The van der Waals surface area contributed by atoms with E-state index in [0.717, 1.165) is 5.52 Å². The van der Waals surface area contributed by atoms with Crippen molar-refractivity contribution in [3.8, 4) is 0 Å². The Morgan fingerprint density at radius 1 is 1.41 bits per heavy atom. The van der Waals surface area contributed by atoms with Gasteiger partial charge in [-0.2, -0.15) is 0 Å². The third-order valence-corrected chi connectivity index (χ3v) is 2.64. The molecule has 88 valence electrons. The number of carbonyl (C=O) groups excluding carboxylic acids is 1. The van der Waals surface area contributed by atoms with Gasteiger partial charge in [0.15, 0.2) is 5.78 Å². The first kappa shape index (κ1) is 11.3. The van der Waals surface area contributed by atoms with E-state index in [0.29, 0.717) is 16.9 Å². The average molecular weight is 232 g/mol. The van der Waals surface area contributed by atoms with Crippen molar-refractivity contribution in [3.05, 3.63) is 29.6 Å². The van der Waals surface area contributed by atoms with E-state index in [1.165, 1.54) is 6.92 Å². The molecule has 0 atom stereocenters. The quantitative estimate of drug-likeness (QED) is 0.816. The van der Waals surface area contributed by atoms with Gasteiger partial charge in [-0.05, 0) is 32.0 Å². The number of benzene rings is 1. The van der Waals surface area contributed by atoms with E-state index in [4.69, 9.17) is 5.11 Å². The van der Waals surface area contributed by atoms with Crippen molar-refractivity contribution in [1.29, 1.82) is 0 Å². The van der Waals surface area contributed by atoms with Crippen LogP contribution in [0.5, 0.6) is 0 Å². The normalized spacial score (nSPS) is 10.7. The summed E-state index contributed by atoms with van der Waals surface area (Å²) in [5.41, 5.74) is 1.96. The summed E-state index contributed by atoms with van der Waals surface area (Å²) in [5.74, 6) is -0.316. The molecule has 1 N–H and O–H groups in total. The first-order chi connectivity index (χ1) is 7.99. The van der Waals surface area contributed by atoms with Crippen molar-refractivity contribution in [2.75, 3.05) is 0 Å². The van der Waals surface area contributed by atoms with E-state index >= 15 is 0 Å². The summed E-state index contributed by atoms with van der Waals surface area (Å²) in [6.07, 6.45) is 0. The number of imidazole rings is 1. The molecule has 5 nitrogen and oxygen atoms in total. The Bertz CT molecular complexity index is 613. The zero-order valence-electron chi connectivity index (χ0n) is 9.60. The van der Waals surface area contributed by atoms with Crippen molar-refractivity contribution in [3.63, 3.8) is 0 Å². The number of hydrogen-bond donors (Lipinski definition) is 1. The van der Waals surface area contributed by atoms with Crippen LogP contribution in [0.2, 0.25) is 0 Å². The van der Waals surface area contributed by atoms with Gasteiger partial charge in [0.25, 0.3) is 0 Å². The van der Waals surface area contributed by atoms with E-state index in [2.05, 4.69) is 4.98 Å². The number of nitrogens with zero attached hydrogens (tertiary/aromatic N) is 2. The monoisotopic (exact) mass is 232 g/mol. The lowest BCUT2D eigenvalue weighted by atomic mass is 10.1. The van der Waals surface area contributed by atoms with Gasteiger partial charge in [-0.15, -0.1) is 0 Å². The predicted octanol–water partition coefficient (Wildman–Crippen LogP) is 1.63. The van der Waals surface area contributed by atoms with Crippen LogP contribution < -0.4 is 0 Å². The van der Waals surface area contributed by atoms with Gasteiger partial charge >= 0.3 is 5.97 Å². The molecule has 2 aromatic rings. The van der Waals surface area contributed by atoms with Crippen LogP contribution in [-0.4, -0.2) is 26.4 Å². The minimum Gasteiger partial charge on any atom is -0.480 e. The molecule has 0 fully saturated rings. The standard InChI is InChI=1S/C12H12N2O3/c1-7(15)9-3-4-11-10(5-9)13-8(2)14(11)6-12(16)17/h3-5H,6H2,1-2H3,(H,16,17). The molecule has 0 saturated carbocycles. The molecular formula is C12H12N2O3. The predicted molar refractivity (Wildman–Crippen MR) is 62.1 cm³/mol. The number of aromatic nitrogens is 2. The summed E-state index contributed by atoms with van der Waals surface area (Å²) in [6, 6.07) is 5.10. The lowest BCUT2D eigenvalue weighted by molar-refractivity contribution is -0.137. The van der Waals surface area contributed by atoms with Crippen LogP contribution in [0.3, 0.4) is 0 Å². The number of hydrogen-bond acceptors (Lipinski definition) is 3. The number of carboxylic acid groups (broad SMARTS) is 1. The third kappa shape index (κ3) is 2.04. The highest BCUT2D eigenvalue weighted by Gasteiger charge is 2.11. The summed E-state index contributed by atoms with van der Waals surface area (Å²) in [5, 5.41) is 8.81. The van der Waals surface area contributed by atoms with Crippen molar-refractivity contribution in [2.45, 2.75) is 20.4 Å². The van der Waals surface area contributed by atoms with E-state index in [9.17, 15) is 9.59 Å². The fourth-order valence-electron chi connectivity index (χ4n) is 1.80. The zero-order chi connectivity index (χ0) is 12.6. The van der Waals surface area contributed by atoms with Crippen LogP contribution >= 0.6 is 0 Å². The number of ketones is 1. The molecule has 17 heavy (non-hydrogen) atoms. The maximum absolute atomic E-state index is 11.2. The van der Waals surface area contributed by atoms with Gasteiger partial charge in [-0.3, -0.25) is 9.59 Å². The fourth-order valence-corrected chi connectivity index (χ4v) is 1.80. The van der Waals surface area contributed by atoms with Crippen molar-refractivity contribution in [2.24, 2.45) is 0 Å². The number of aryl methyl sites for hydroxylation is 1. The molecule has 0 bridgehead atoms. The van der Waals surface area contributed by atoms with Crippen molar-refractivity contribution < 1.29 is 14.7 Å². The molecule has 0 unspecified atom stereocenters. The molecule has 0 radical (unpaired) electrons. The molecule has 1 aromatic heterocycles. The van der Waals surface area contributed by atoms with Crippen LogP contribution in [0.4, 0.5) is 0 Å². The third-order valence-electron chi connectivity index (χ3n) is 2.64. The first-order valence-corrected chi connectivity index (χ1v) is 5.18. The topological polar surface area (TPSA) is 72.2 Å². The fraction of sp³-hybridized carbons (Fsp3) is 0.250. The summed E-state index contributed by atoms with van der Waals surface area (Å²) in [7, 11) is 0. The lowest BCUT2D eigenvalue weighted by Crippen LogP contribution is -2.09. The smallest absolute Gasteiger partial charge is 0.323 e. The van der Waals surface area contributed by atoms with Gasteiger partial charge in [0.1, 0.15) is 12.4 Å². The maximum atomic E-state index is 11.2. The molecule has 0 saturated heterocycles. The summed E-state index contributed by atoms with van der Waals surface area (Å²) >= 11 is 0. The highest BCUT2D eigenvalue weighted by molar-refractivity contribution is 5.97. The number of Topliss-reactive ketones (excluding diaryl/α,β-unsaturated/α-hetero) is 1. The van der Waals surface area contributed by atoms with E-state index in [-0.39, 0.29) is 12.3 Å². The van der Waals surface area contributed by atoms with Crippen LogP contribution in [0, 0.1) is 6.92 Å². The average Bonchev–Trinajstić information content (AvgIpc) is 2.54. The Hall–Kier alpha value is -2.17. The highest BCUT2D eigenvalue weighted by atomic mass is 16.4. The van der Waals surface area contributed by atoms with Gasteiger partial charge < -0.3 is 9.67 Å². The van der Waals surface area contributed by atoms with E-state index in [1.807, 2.05) is 0 Å². The first-order valence-electron chi connectivity index (χ1n) is 5.18. The molecule has 0 amide bonds. The second-order valence-electron chi connectivity index (χ2n) is 3.90. The van der Waals surface area contributed by atoms with Gasteiger partial charge in [0, 0.05) is 5.56 Å². The SMILES string of the molecule is CC(=O)c1ccc2c(c1)nc(C)n2CC(=O)O. The Balaban J connectivity index is 2.60. The number of aliphatic carboxylic acids is 1. The highest BCUT2D eigenvalue weighted by Crippen LogP contribution is 2.18. The molecule has 0 aliphatic rings. The van der Waals surface area contributed by atoms with Crippen LogP contribution in [0.1, 0.15) is 23.1 Å². The minimum absolute atomic E-state index is 0.0302. The molecular weight excluding hydrogens is 220 g/mol. The Morgan fingerprint density at radius 3 is 2.71 bits per heavy atom. The molecule has 0 aliphatic heterocycles. The van der Waals surface area contributed by atoms with Gasteiger partial charge in [0.2, 0.25) is 0 Å². The molecule has 0 spiro atoms. The second kappa shape index (κ2) is 4.01. The number of rotatable bonds is 3. The van der Waals surface area contributed by atoms with E-state index in [1.54, 1.807) is 29.7 Å². The number of carboxylic acids is 1. The maximum Gasteiger partial charge on any atom is 0.323 e. The van der Waals surface area contributed by atoms with Gasteiger partial charge in [0.05, 0.1) is 11.0 Å². The lowest BCUT2D eigenvalue weighted by Gasteiger charge is -2.02. The molecule has 0 aliphatic carbocycles. The molecule has 1 aromatic carbocycles. The van der Waals surface area contributed by atoms with Crippen LogP contribution in [0.15, 0.2) is 18.2 Å². The van der Waals surface area contributed by atoms with Gasteiger partial charge in [-0.1, -0.05) is 0 Å².